The predicted molar refractivity (Wildman–Crippen MR) is 48.7 cm³/mol. The lowest BCUT2D eigenvalue weighted by molar-refractivity contribution is 0.790. The lowest BCUT2D eigenvalue weighted by Gasteiger charge is -2.05. The topological polar surface area (TPSA) is 26.0 Å². The highest BCUT2D eigenvalue weighted by Gasteiger charge is 2.00. The minimum atomic E-state index is 0.566. The predicted octanol–water partition coefficient (Wildman–Crippen LogP) is 2.15. The molecule has 0 fully saturated rings. The van der Waals surface area contributed by atoms with Crippen molar-refractivity contribution in [2.24, 2.45) is 5.73 Å². The Morgan fingerprint density at radius 2 is 2.33 bits per heavy atom. The van der Waals surface area contributed by atoms with Crippen LogP contribution >= 0.6 is 24.0 Å². The molecule has 0 heterocycles. The standard InChI is InChI=1S/C6H13NS2/c1-3-4-5(2)9-6(7)8/h5H,3-4H2,1-2H3,(H2,7,8). The van der Waals surface area contributed by atoms with Crippen LogP contribution in [0.5, 0.6) is 0 Å². The SMILES string of the molecule is CCCC(C)SC(N)=S. The van der Waals surface area contributed by atoms with E-state index in [0.29, 0.717) is 9.57 Å². The summed E-state index contributed by atoms with van der Waals surface area (Å²) in [5, 5.41) is 0.590. The summed E-state index contributed by atoms with van der Waals surface area (Å²) in [6.07, 6.45) is 2.40. The van der Waals surface area contributed by atoms with Gasteiger partial charge < -0.3 is 5.73 Å². The summed E-state index contributed by atoms with van der Waals surface area (Å²) in [5.74, 6) is 0. The number of thiocarbonyl (C=S) groups is 1. The molecule has 0 aliphatic heterocycles. The third kappa shape index (κ3) is 6.12. The van der Waals surface area contributed by atoms with Crippen LogP contribution in [0, 0.1) is 0 Å². The van der Waals surface area contributed by atoms with Gasteiger partial charge in [0.15, 0.2) is 0 Å². The summed E-state index contributed by atoms with van der Waals surface area (Å²) < 4.78 is 0.566. The van der Waals surface area contributed by atoms with Crippen molar-refractivity contribution in [2.75, 3.05) is 0 Å². The van der Waals surface area contributed by atoms with Crippen molar-refractivity contribution in [3.8, 4) is 0 Å². The summed E-state index contributed by atoms with van der Waals surface area (Å²) in [6.45, 7) is 4.31. The fraction of sp³-hybridized carbons (Fsp3) is 0.833. The van der Waals surface area contributed by atoms with Gasteiger partial charge in [0.1, 0.15) is 4.32 Å². The monoisotopic (exact) mass is 163 g/mol. The van der Waals surface area contributed by atoms with E-state index in [1.807, 2.05) is 0 Å². The first-order valence-electron chi connectivity index (χ1n) is 3.13. The molecular formula is C6H13NS2. The molecule has 3 heteroatoms. The fourth-order valence-electron chi connectivity index (χ4n) is 0.664. The molecule has 9 heavy (non-hydrogen) atoms. The molecule has 0 aromatic rings. The molecule has 0 radical (unpaired) electrons. The molecule has 0 spiro atoms. The minimum Gasteiger partial charge on any atom is -0.385 e. The summed E-state index contributed by atoms with van der Waals surface area (Å²) in [6, 6.07) is 0. The van der Waals surface area contributed by atoms with E-state index in [1.54, 1.807) is 11.8 Å². The molecule has 0 saturated heterocycles. The molecule has 0 amide bonds. The van der Waals surface area contributed by atoms with E-state index in [-0.39, 0.29) is 0 Å². The van der Waals surface area contributed by atoms with Gasteiger partial charge in [-0.05, 0) is 6.42 Å². The van der Waals surface area contributed by atoms with Crippen molar-refractivity contribution < 1.29 is 0 Å². The Morgan fingerprint density at radius 1 is 1.78 bits per heavy atom. The van der Waals surface area contributed by atoms with Crippen LogP contribution in [-0.2, 0) is 0 Å². The summed E-state index contributed by atoms with van der Waals surface area (Å²) in [7, 11) is 0. The fourth-order valence-corrected chi connectivity index (χ4v) is 1.91. The second-order valence-corrected chi connectivity index (χ2v) is 4.21. The van der Waals surface area contributed by atoms with Crippen LogP contribution in [0.4, 0.5) is 0 Å². The zero-order chi connectivity index (χ0) is 7.28. The van der Waals surface area contributed by atoms with Crippen LogP contribution in [0.1, 0.15) is 26.7 Å². The Bertz CT molecular complexity index is 93.1. The van der Waals surface area contributed by atoms with E-state index in [0.717, 1.165) is 0 Å². The molecule has 1 unspecified atom stereocenters. The van der Waals surface area contributed by atoms with E-state index in [9.17, 15) is 0 Å². The molecule has 2 N–H and O–H groups in total. The molecule has 54 valence electrons. The van der Waals surface area contributed by atoms with Gasteiger partial charge in [-0.3, -0.25) is 0 Å². The number of nitrogens with two attached hydrogens (primary N) is 1. The smallest absolute Gasteiger partial charge is 0.131 e. The van der Waals surface area contributed by atoms with E-state index in [2.05, 4.69) is 13.8 Å². The average Bonchev–Trinajstić information content (AvgIpc) is 1.63. The molecule has 0 rings (SSSR count). The number of rotatable bonds is 3. The Kier molecular flexibility index (Phi) is 5.19. The van der Waals surface area contributed by atoms with Crippen molar-refractivity contribution in [3.05, 3.63) is 0 Å². The number of thioether (sulfide) groups is 1. The van der Waals surface area contributed by atoms with E-state index >= 15 is 0 Å². The zero-order valence-corrected chi connectivity index (χ0v) is 7.52. The normalized spacial score (nSPS) is 13.1. The van der Waals surface area contributed by atoms with Gasteiger partial charge in [-0.2, -0.15) is 0 Å². The van der Waals surface area contributed by atoms with E-state index in [1.165, 1.54) is 12.8 Å². The van der Waals surface area contributed by atoms with Crippen molar-refractivity contribution in [3.63, 3.8) is 0 Å². The third-order valence-corrected chi connectivity index (χ3v) is 2.17. The molecule has 0 aliphatic carbocycles. The van der Waals surface area contributed by atoms with Crippen LogP contribution < -0.4 is 5.73 Å². The van der Waals surface area contributed by atoms with Gasteiger partial charge in [0.25, 0.3) is 0 Å². The maximum atomic E-state index is 5.32. The molecule has 1 nitrogen and oxygen atoms in total. The first kappa shape index (κ1) is 9.24. The van der Waals surface area contributed by atoms with Gasteiger partial charge in [-0.15, -0.1) is 0 Å². The highest BCUT2D eigenvalue weighted by Crippen LogP contribution is 2.14. The van der Waals surface area contributed by atoms with Crippen molar-refractivity contribution in [1.82, 2.24) is 0 Å². The zero-order valence-electron chi connectivity index (χ0n) is 5.89. The first-order valence-corrected chi connectivity index (χ1v) is 4.41. The van der Waals surface area contributed by atoms with E-state index in [4.69, 9.17) is 18.0 Å². The molecule has 0 saturated carbocycles. The van der Waals surface area contributed by atoms with Crippen LogP contribution in [-0.4, -0.2) is 9.57 Å². The van der Waals surface area contributed by atoms with Gasteiger partial charge in [0.05, 0.1) is 0 Å². The largest absolute Gasteiger partial charge is 0.385 e. The Morgan fingerprint density at radius 3 is 2.67 bits per heavy atom. The van der Waals surface area contributed by atoms with Gasteiger partial charge in [0, 0.05) is 5.25 Å². The molecule has 0 aromatic heterocycles. The first-order chi connectivity index (χ1) is 4.16. The molecule has 0 bridgehead atoms. The van der Waals surface area contributed by atoms with Crippen molar-refractivity contribution >= 4 is 28.3 Å². The summed E-state index contributed by atoms with van der Waals surface area (Å²) in [5.41, 5.74) is 5.32. The minimum absolute atomic E-state index is 0.566. The summed E-state index contributed by atoms with van der Waals surface area (Å²) in [4.78, 5) is 0. The molecule has 0 aromatic carbocycles. The average molecular weight is 163 g/mol. The number of hydrogen-bond acceptors (Lipinski definition) is 2. The Labute approximate surface area is 66.4 Å². The van der Waals surface area contributed by atoms with Gasteiger partial charge >= 0.3 is 0 Å². The van der Waals surface area contributed by atoms with Gasteiger partial charge in [-0.1, -0.05) is 44.2 Å². The van der Waals surface area contributed by atoms with Crippen LogP contribution in [0.15, 0.2) is 0 Å². The van der Waals surface area contributed by atoms with E-state index < -0.39 is 0 Å². The van der Waals surface area contributed by atoms with Crippen LogP contribution in [0.25, 0.3) is 0 Å². The quantitative estimate of drug-likeness (QED) is 0.646. The lowest BCUT2D eigenvalue weighted by Crippen LogP contribution is -2.07. The maximum Gasteiger partial charge on any atom is 0.131 e. The lowest BCUT2D eigenvalue weighted by atomic mass is 10.3. The van der Waals surface area contributed by atoms with Crippen molar-refractivity contribution in [1.29, 1.82) is 0 Å². The van der Waals surface area contributed by atoms with Crippen LogP contribution in [0.2, 0.25) is 0 Å². The second kappa shape index (κ2) is 5.06. The van der Waals surface area contributed by atoms with Crippen LogP contribution in [0.3, 0.4) is 0 Å². The summed E-state index contributed by atoms with van der Waals surface area (Å²) >= 11 is 6.31. The third-order valence-electron chi connectivity index (χ3n) is 1.01. The Hall–Kier alpha value is 0.240. The molecular weight excluding hydrogens is 150 g/mol. The highest BCUT2D eigenvalue weighted by atomic mass is 32.2. The number of hydrogen-bond donors (Lipinski definition) is 1. The van der Waals surface area contributed by atoms with Crippen molar-refractivity contribution in [2.45, 2.75) is 31.9 Å². The Balaban J connectivity index is 3.26. The highest BCUT2D eigenvalue weighted by molar-refractivity contribution is 8.23. The molecule has 0 aliphatic rings. The molecule has 1 atom stereocenters. The second-order valence-electron chi connectivity index (χ2n) is 2.04. The maximum absolute atomic E-state index is 5.32. The van der Waals surface area contributed by atoms with Gasteiger partial charge in [0.2, 0.25) is 0 Å². The van der Waals surface area contributed by atoms with Gasteiger partial charge in [-0.25, -0.2) is 0 Å².